The number of aryl methyl sites for hydroxylation is 2. The van der Waals surface area contributed by atoms with Crippen molar-refractivity contribution < 1.29 is 4.74 Å². The van der Waals surface area contributed by atoms with Crippen LogP contribution in [0.3, 0.4) is 0 Å². The van der Waals surface area contributed by atoms with Crippen LogP contribution < -0.4 is 15.4 Å². The van der Waals surface area contributed by atoms with E-state index in [1.807, 2.05) is 25.1 Å². The van der Waals surface area contributed by atoms with Gasteiger partial charge in [-0.3, -0.25) is 0 Å². The summed E-state index contributed by atoms with van der Waals surface area (Å²) in [5.74, 6) is 3.29. The van der Waals surface area contributed by atoms with Gasteiger partial charge in [-0.15, -0.1) is 0 Å². The van der Waals surface area contributed by atoms with E-state index in [0.29, 0.717) is 0 Å². The molecule has 2 aromatic carbocycles. The number of aromatic nitrogens is 2. The van der Waals surface area contributed by atoms with Gasteiger partial charge in [0.25, 0.3) is 0 Å². The topological polar surface area (TPSA) is 59.1 Å². The van der Waals surface area contributed by atoms with Gasteiger partial charge >= 0.3 is 0 Å². The minimum atomic E-state index is 0.742. The van der Waals surface area contributed by atoms with Gasteiger partial charge in [-0.25, -0.2) is 9.97 Å². The molecular weight excluding hydrogens is 336 g/mol. The maximum Gasteiger partial charge on any atom is 0.132 e. The number of nitrogens with one attached hydrogen (secondary N) is 2. The molecule has 0 saturated heterocycles. The van der Waals surface area contributed by atoms with Crippen LogP contribution in [-0.2, 0) is 13.0 Å². The zero-order valence-electron chi connectivity index (χ0n) is 16.1. The monoisotopic (exact) mass is 362 g/mol. The lowest BCUT2D eigenvalue weighted by molar-refractivity contribution is 0.414. The lowest BCUT2D eigenvalue weighted by Crippen LogP contribution is -2.10. The van der Waals surface area contributed by atoms with Crippen molar-refractivity contribution >= 4 is 11.6 Å². The summed E-state index contributed by atoms with van der Waals surface area (Å²) in [5, 5.41) is 6.79. The van der Waals surface area contributed by atoms with Gasteiger partial charge in [0.2, 0.25) is 0 Å². The summed E-state index contributed by atoms with van der Waals surface area (Å²) in [7, 11) is 1.69. The van der Waals surface area contributed by atoms with Crippen molar-refractivity contribution in [1.82, 2.24) is 9.97 Å². The number of benzene rings is 2. The Labute approximate surface area is 160 Å². The highest BCUT2D eigenvalue weighted by Gasteiger charge is 2.04. The van der Waals surface area contributed by atoms with Crippen molar-refractivity contribution in [3.8, 4) is 5.75 Å². The third kappa shape index (κ3) is 5.45. The largest absolute Gasteiger partial charge is 0.497 e. The van der Waals surface area contributed by atoms with Gasteiger partial charge in [0.1, 0.15) is 23.2 Å². The second-order valence-corrected chi connectivity index (χ2v) is 6.49. The summed E-state index contributed by atoms with van der Waals surface area (Å²) in [4.78, 5) is 8.97. The standard InChI is InChI=1S/C22H26N4O/c1-16-7-4-5-9-19(16)15-24-22-14-21(25-17(2)26-22)23-12-11-18-8-6-10-20(13-18)27-3/h4-10,13-14H,11-12,15H2,1-3H3,(H2,23,24,25,26). The summed E-state index contributed by atoms with van der Waals surface area (Å²) < 4.78 is 5.27. The smallest absolute Gasteiger partial charge is 0.132 e. The fourth-order valence-corrected chi connectivity index (χ4v) is 2.91. The predicted molar refractivity (Wildman–Crippen MR) is 110 cm³/mol. The third-order valence-electron chi connectivity index (χ3n) is 4.41. The molecule has 0 amide bonds. The lowest BCUT2D eigenvalue weighted by Gasteiger charge is -2.11. The molecule has 0 aliphatic rings. The van der Waals surface area contributed by atoms with Crippen molar-refractivity contribution in [3.63, 3.8) is 0 Å². The minimum Gasteiger partial charge on any atom is -0.497 e. The Morgan fingerprint density at radius 2 is 1.67 bits per heavy atom. The van der Waals surface area contributed by atoms with Gasteiger partial charge in [-0.05, 0) is 49.1 Å². The molecule has 0 atom stereocenters. The Bertz CT molecular complexity index is 895. The van der Waals surface area contributed by atoms with Crippen molar-refractivity contribution in [2.24, 2.45) is 0 Å². The fraction of sp³-hybridized carbons (Fsp3) is 0.273. The van der Waals surface area contributed by atoms with Crippen LogP contribution in [0.2, 0.25) is 0 Å². The van der Waals surface area contributed by atoms with Crippen LogP contribution >= 0.6 is 0 Å². The summed E-state index contributed by atoms with van der Waals surface area (Å²) in [6, 6.07) is 18.4. The molecule has 0 spiro atoms. The average molecular weight is 362 g/mol. The highest BCUT2D eigenvalue weighted by molar-refractivity contribution is 5.48. The fourth-order valence-electron chi connectivity index (χ4n) is 2.91. The number of hydrogen-bond acceptors (Lipinski definition) is 5. The minimum absolute atomic E-state index is 0.742. The molecule has 0 fully saturated rings. The number of rotatable bonds is 8. The zero-order chi connectivity index (χ0) is 19.1. The lowest BCUT2D eigenvalue weighted by atomic mass is 10.1. The molecular formula is C22H26N4O. The van der Waals surface area contributed by atoms with E-state index in [2.05, 4.69) is 63.9 Å². The molecule has 0 saturated carbocycles. The molecule has 0 bridgehead atoms. The first-order valence-electron chi connectivity index (χ1n) is 9.15. The Kier molecular flexibility index (Phi) is 6.26. The van der Waals surface area contributed by atoms with Crippen LogP contribution in [0.5, 0.6) is 5.75 Å². The van der Waals surface area contributed by atoms with Crippen LogP contribution in [0.25, 0.3) is 0 Å². The number of hydrogen-bond donors (Lipinski definition) is 2. The van der Waals surface area contributed by atoms with Gasteiger partial charge in [-0.1, -0.05) is 36.4 Å². The zero-order valence-corrected chi connectivity index (χ0v) is 16.1. The second kappa shape index (κ2) is 9.03. The molecule has 3 rings (SSSR count). The molecule has 0 aliphatic carbocycles. The summed E-state index contributed by atoms with van der Waals surface area (Å²) in [6.45, 7) is 5.56. The van der Waals surface area contributed by atoms with Crippen LogP contribution in [0, 0.1) is 13.8 Å². The van der Waals surface area contributed by atoms with E-state index < -0.39 is 0 Å². The van der Waals surface area contributed by atoms with Crippen LogP contribution in [0.15, 0.2) is 54.6 Å². The summed E-state index contributed by atoms with van der Waals surface area (Å²) >= 11 is 0. The quantitative estimate of drug-likeness (QED) is 0.623. The van der Waals surface area contributed by atoms with Gasteiger partial charge in [0.05, 0.1) is 7.11 Å². The van der Waals surface area contributed by atoms with Crippen molar-refractivity contribution in [3.05, 3.63) is 77.1 Å². The van der Waals surface area contributed by atoms with Crippen molar-refractivity contribution in [2.45, 2.75) is 26.8 Å². The molecule has 0 radical (unpaired) electrons. The molecule has 3 aromatic rings. The molecule has 0 unspecified atom stereocenters. The number of nitrogens with zero attached hydrogens (tertiary/aromatic N) is 2. The second-order valence-electron chi connectivity index (χ2n) is 6.49. The summed E-state index contributed by atoms with van der Waals surface area (Å²) in [5.41, 5.74) is 3.76. The summed E-state index contributed by atoms with van der Waals surface area (Å²) in [6.07, 6.45) is 0.895. The van der Waals surface area contributed by atoms with E-state index in [4.69, 9.17) is 4.74 Å². The van der Waals surface area contributed by atoms with Crippen LogP contribution in [-0.4, -0.2) is 23.6 Å². The van der Waals surface area contributed by atoms with Crippen LogP contribution in [0.4, 0.5) is 11.6 Å². The molecule has 1 aromatic heterocycles. The maximum atomic E-state index is 5.27. The Hall–Kier alpha value is -3.08. The molecule has 0 aliphatic heterocycles. The highest BCUT2D eigenvalue weighted by atomic mass is 16.5. The first-order valence-corrected chi connectivity index (χ1v) is 9.15. The van der Waals surface area contributed by atoms with E-state index in [-0.39, 0.29) is 0 Å². The van der Waals surface area contributed by atoms with Gasteiger partial charge in [0, 0.05) is 19.2 Å². The molecule has 1 heterocycles. The average Bonchev–Trinajstić information content (AvgIpc) is 2.67. The molecule has 2 N–H and O–H groups in total. The maximum absolute atomic E-state index is 5.27. The normalized spacial score (nSPS) is 10.5. The highest BCUT2D eigenvalue weighted by Crippen LogP contribution is 2.16. The van der Waals surface area contributed by atoms with E-state index in [1.165, 1.54) is 16.7 Å². The SMILES string of the molecule is COc1cccc(CCNc2cc(NCc3ccccc3C)nc(C)n2)c1. The first-order chi connectivity index (χ1) is 13.1. The van der Waals surface area contributed by atoms with Crippen molar-refractivity contribution in [2.75, 3.05) is 24.3 Å². The van der Waals surface area contributed by atoms with Crippen molar-refractivity contribution in [1.29, 1.82) is 0 Å². The number of ether oxygens (including phenoxy) is 1. The molecule has 140 valence electrons. The van der Waals surface area contributed by atoms with E-state index >= 15 is 0 Å². The van der Waals surface area contributed by atoms with E-state index in [9.17, 15) is 0 Å². The predicted octanol–water partition coefficient (Wildman–Crippen LogP) is 4.37. The van der Waals surface area contributed by atoms with Gasteiger partial charge in [-0.2, -0.15) is 0 Å². The first kappa shape index (κ1) is 18.7. The molecule has 5 heteroatoms. The molecule has 5 nitrogen and oxygen atoms in total. The number of anilines is 2. The third-order valence-corrected chi connectivity index (χ3v) is 4.41. The van der Waals surface area contributed by atoms with E-state index in [1.54, 1.807) is 7.11 Å². The van der Waals surface area contributed by atoms with E-state index in [0.717, 1.165) is 42.7 Å². The Morgan fingerprint density at radius 3 is 2.44 bits per heavy atom. The number of methoxy groups -OCH3 is 1. The van der Waals surface area contributed by atoms with Crippen LogP contribution in [0.1, 0.15) is 22.5 Å². The Balaban J connectivity index is 1.58. The Morgan fingerprint density at radius 1 is 0.889 bits per heavy atom. The van der Waals surface area contributed by atoms with Gasteiger partial charge < -0.3 is 15.4 Å². The van der Waals surface area contributed by atoms with Gasteiger partial charge in [0.15, 0.2) is 0 Å². The molecule has 27 heavy (non-hydrogen) atoms.